The van der Waals surface area contributed by atoms with E-state index in [-0.39, 0.29) is 24.2 Å². The third-order valence-electron chi connectivity index (χ3n) is 5.07. The van der Waals surface area contributed by atoms with Crippen LogP contribution in [0.15, 0.2) is 30.3 Å². The number of nitrogens with one attached hydrogen (secondary N) is 1. The van der Waals surface area contributed by atoms with Gasteiger partial charge >= 0.3 is 13.1 Å². The Bertz CT molecular complexity index is 984. The molecule has 0 bridgehead atoms. The summed E-state index contributed by atoms with van der Waals surface area (Å²) in [4.78, 5) is 25.4. The summed E-state index contributed by atoms with van der Waals surface area (Å²) in [6, 6.07) is 6.54. The molecule has 0 saturated heterocycles. The lowest BCUT2D eigenvalue weighted by molar-refractivity contribution is -0.148. The van der Waals surface area contributed by atoms with Crippen molar-refractivity contribution in [1.29, 1.82) is 0 Å². The fourth-order valence-corrected chi connectivity index (χ4v) is 3.55. The zero-order valence-corrected chi connectivity index (χ0v) is 17.6. The Morgan fingerprint density at radius 2 is 2.07 bits per heavy atom. The fourth-order valence-electron chi connectivity index (χ4n) is 3.34. The SMILES string of the molecule is Cc1c(C(=O)NC(C(=O)OCc2ccc(F)c(Cl)c2)C(C)C)ccc2c1B(O)OC2. The number of ether oxygens (including phenoxy) is 1. The van der Waals surface area contributed by atoms with Gasteiger partial charge in [-0.3, -0.25) is 4.79 Å². The standard InChI is InChI=1S/C21H22BClFNO5/c1-11(2)19(21(27)29-9-13-4-7-17(24)16(23)8-13)25-20(26)15-6-5-14-10-30-22(28)18(14)12(15)3/h4-8,11,19,28H,9-10H2,1-3H3,(H,25,26). The van der Waals surface area contributed by atoms with Crippen molar-refractivity contribution in [1.82, 2.24) is 5.32 Å². The number of hydrogen-bond acceptors (Lipinski definition) is 5. The highest BCUT2D eigenvalue weighted by Crippen LogP contribution is 2.19. The molecule has 2 N–H and O–H groups in total. The van der Waals surface area contributed by atoms with Crippen LogP contribution in [0, 0.1) is 18.7 Å². The van der Waals surface area contributed by atoms with Crippen LogP contribution in [0.5, 0.6) is 0 Å². The Labute approximate surface area is 179 Å². The molecule has 1 aliphatic heterocycles. The lowest BCUT2D eigenvalue weighted by atomic mass is 9.75. The molecule has 0 radical (unpaired) electrons. The van der Waals surface area contributed by atoms with Gasteiger partial charge in [-0.25, -0.2) is 9.18 Å². The van der Waals surface area contributed by atoms with Crippen LogP contribution in [0.3, 0.4) is 0 Å². The smallest absolute Gasteiger partial charge is 0.459 e. The topological polar surface area (TPSA) is 84.9 Å². The van der Waals surface area contributed by atoms with E-state index in [0.29, 0.717) is 22.2 Å². The molecule has 1 heterocycles. The molecule has 0 spiro atoms. The number of rotatable bonds is 6. The average Bonchev–Trinajstić information content (AvgIpc) is 3.08. The Balaban J connectivity index is 1.71. The van der Waals surface area contributed by atoms with Crippen LogP contribution in [0.25, 0.3) is 0 Å². The number of carbonyl (C=O) groups excluding carboxylic acids is 2. The lowest BCUT2D eigenvalue weighted by Crippen LogP contribution is -2.46. The van der Waals surface area contributed by atoms with Gasteiger partial charge in [-0.15, -0.1) is 0 Å². The number of amides is 1. The summed E-state index contributed by atoms with van der Waals surface area (Å²) in [7, 11) is -1.07. The Morgan fingerprint density at radius 1 is 1.33 bits per heavy atom. The summed E-state index contributed by atoms with van der Waals surface area (Å²) < 4.78 is 23.8. The zero-order chi connectivity index (χ0) is 22.0. The van der Waals surface area contributed by atoms with E-state index < -0.39 is 30.9 Å². The minimum absolute atomic E-state index is 0.0597. The fraction of sp³-hybridized carbons (Fsp3) is 0.333. The number of halogens is 2. The quantitative estimate of drug-likeness (QED) is 0.540. The molecule has 1 unspecified atom stereocenters. The predicted octanol–water partition coefficient (Wildman–Crippen LogP) is 2.50. The van der Waals surface area contributed by atoms with Crippen molar-refractivity contribution in [2.45, 2.75) is 40.0 Å². The van der Waals surface area contributed by atoms with Crippen molar-refractivity contribution in [3.05, 3.63) is 63.4 Å². The molecule has 0 aromatic heterocycles. The van der Waals surface area contributed by atoms with Gasteiger partial charge in [0.1, 0.15) is 18.5 Å². The second-order valence-corrected chi connectivity index (χ2v) is 7.93. The van der Waals surface area contributed by atoms with Crippen LogP contribution in [0.4, 0.5) is 4.39 Å². The number of fused-ring (bicyclic) bond motifs is 1. The zero-order valence-electron chi connectivity index (χ0n) is 16.9. The third kappa shape index (κ3) is 4.66. The average molecular weight is 434 g/mol. The first-order chi connectivity index (χ1) is 14.2. The highest BCUT2D eigenvalue weighted by molar-refractivity contribution is 6.62. The van der Waals surface area contributed by atoms with Gasteiger partial charge in [-0.2, -0.15) is 0 Å². The summed E-state index contributed by atoms with van der Waals surface area (Å²) in [6.07, 6.45) is 0. The van der Waals surface area contributed by atoms with E-state index in [1.165, 1.54) is 18.2 Å². The van der Waals surface area contributed by atoms with Gasteiger partial charge < -0.3 is 19.7 Å². The van der Waals surface area contributed by atoms with Crippen LogP contribution < -0.4 is 10.8 Å². The monoisotopic (exact) mass is 433 g/mol. The molecule has 1 atom stereocenters. The van der Waals surface area contributed by atoms with Crippen molar-refractivity contribution in [2.24, 2.45) is 5.92 Å². The van der Waals surface area contributed by atoms with Gasteiger partial charge in [0.15, 0.2) is 0 Å². The summed E-state index contributed by atoms with van der Waals surface area (Å²) in [6.45, 7) is 5.49. The maximum atomic E-state index is 13.3. The second kappa shape index (κ2) is 9.16. The molecule has 9 heteroatoms. The van der Waals surface area contributed by atoms with Crippen molar-refractivity contribution < 1.29 is 28.4 Å². The van der Waals surface area contributed by atoms with Gasteiger partial charge in [0.25, 0.3) is 5.91 Å². The lowest BCUT2D eigenvalue weighted by Gasteiger charge is -2.22. The van der Waals surface area contributed by atoms with Crippen LogP contribution >= 0.6 is 11.6 Å². The van der Waals surface area contributed by atoms with Crippen LogP contribution in [0.2, 0.25) is 5.02 Å². The molecule has 158 valence electrons. The predicted molar refractivity (Wildman–Crippen MR) is 111 cm³/mol. The molecule has 6 nitrogen and oxygen atoms in total. The van der Waals surface area contributed by atoms with Crippen LogP contribution in [-0.2, 0) is 27.4 Å². The minimum atomic E-state index is -1.07. The van der Waals surface area contributed by atoms with E-state index in [0.717, 1.165) is 5.56 Å². The molecular formula is C21H22BClFNO5. The molecule has 3 rings (SSSR count). The molecule has 30 heavy (non-hydrogen) atoms. The highest BCUT2D eigenvalue weighted by atomic mass is 35.5. The molecule has 1 amide bonds. The summed E-state index contributed by atoms with van der Waals surface area (Å²) in [5, 5.41) is 12.6. The molecule has 2 aromatic rings. The van der Waals surface area contributed by atoms with Gasteiger partial charge in [-0.05, 0) is 53.2 Å². The molecule has 0 fully saturated rings. The van der Waals surface area contributed by atoms with Crippen LogP contribution in [0.1, 0.15) is 40.9 Å². The van der Waals surface area contributed by atoms with Crippen molar-refractivity contribution in [2.75, 3.05) is 0 Å². The Morgan fingerprint density at radius 3 is 2.73 bits per heavy atom. The van der Waals surface area contributed by atoms with Crippen molar-refractivity contribution in [3.63, 3.8) is 0 Å². The summed E-state index contributed by atoms with van der Waals surface area (Å²) in [5.41, 5.74) is 2.90. The molecule has 0 saturated carbocycles. The highest BCUT2D eigenvalue weighted by Gasteiger charge is 2.32. The van der Waals surface area contributed by atoms with Gasteiger partial charge in [-0.1, -0.05) is 37.6 Å². The maximum absolute atomic E-state index is 13.3. The van der Waals surface area contributed by atoms with E-state index >= 15 is 0 Å². The van der Waals surface area contributed by atoms with E-state index in [1.54, 1.807) is 32.9 Å². The molecule has 0 aliphatic carbocycles. The van der Waals surface area contributed by atoms with Crippen LogP contribution in [-0.4, -0.2) is 30.1 Å². The first-order valence-corrected chi connectivity index (χ1v) is 9.90. The largest absolute Gasteiger partial charge is 0.492 e. The normalized spacial score (nSPS) is 13.9. The number of carbonyl (C=O) groups is 2. The number of esters is 1. The van der Waals surface area contributed by atoms with E-state index in [2.05, 4.69) is 5.32 Å². The van der Waals surface area contributed by atoms with Gasteiger partial charge in [0, 0.05) is 5.56 Å². The molecule has 2 aromatic carbocycles. The first-order valence-electron chi connectivity index (χ1n) is 9.52. The Hall–Kier alpha value is -2.42. The second-order valence-electron chi connectivity index (χ2n) is 7.53. The minimum Gasteiger partial charge on any atom is -0.459 e. The van der Waals surface area contributed by atoms with Crippen molar-refractivity contribution in [3.8, 4) is 0 Å². The number of benzene rings is 2. The van der Waals surface area contributed by atoms with Crippen molar-refractivity contribution >= 4 is 36.1 Å². The van der Waals surface area contributed by atoms with Gasteiger partial charge in [0.05, 0.1) is 11.6 Å². The first kappa shape index (κ1) is 22.3. The molecular weight excluding hydrogens is 411 g/mol. The summed E-state index contributed by atoms with van der Waals surface area (Å²) >= 11 is 5.74. The Kier molecular flexibility index (Phi) is 6.80. The maximum Gasteiger partial charge on any atom is 0.492 e. The summed E-state index contributed by atoms with van der Waals surface area (Å²) in [5.74, 6) is -1.85. The third-order valence-corrected chi connectivity index (χ3v) is 5.36. The van der Waals surface area contributed by atoms with E-state index in [1.807, 2.05) is 0 Å². The van der Waals surface area contributed by atoms with Gasteiger partial charge in [0.2, 0.25) is 0 Å². The van der Waals surface area contributed by atoms with E-state index in [9.17, 15) is 19.0 Å². The number of hydrogen-bond donors (Lipinski definition) is 2. The molecule has 1 aliphatic rings. The van der Waals surface area contributed by atoms with E-state index in [4.69, 9.17) is 21.0 Å².